The van der Waals surface area contributed by atoms with Gasteiger partial charge in [-0.3, -0.25) is 4.79 Å². The third-order valence-electron chi connectivity index (χ3n) is 3.05. The maximum absolute atomic E-state index is 11.2. The molecule has 0 radical (unpaired) electrons. The molecule has 0 aliphatic carbocycles. The summed E-state index contributed by atoms with van der Waals surface area (Å²) < 4.78 is 0. The topological polar surface area (TPSA) is 40.9 Å². The molecule has 0 fully saturated rings. The van der Waals surface area contributed by atoms with Gasteiger partial charge in [-0.15, -0.1) is 0 Å². The Labute approximate surface area is 93.7 Å². The normalized spacial score (nSPS) is 14.3. The van der Waals surface area contributed by atoms with Gasteiger partial charge in [0.25, 0.3) is 0 Å². The minimum absolute atomic E-state index is 0.00134. The number of hydrogen-bond acceptors (Lipinski definition) is 2. The lowest BCUT2D eigenvalue weighted by molar-refractivity contribution is -0.123. The Hall–Kier alpha value is -0.840. The Kier molecular flexibility index (Phi) is 7.03. The van der Waals surface area contributed by atoms with Crippen molar-refractivity contribution >= 4 is 5.78 Å². The van der Waals surface area contributed by atoms with Crippen LogP contribution in [0.15, 0.2) is 0 Å². The molecule has 0 N–H and O–H groups in total. The van der Waals surface area contributed by atoms with Crippen LogP contribution in [0.4, 0.5) is 0 Å². The molecule has 0 aromatic rings. The largest absolute Gasteiger partial charge is 0.298 e. The zero-order valence-electron chi connectivity index (χ0n) is 10.3. The molecule has 1 atom stereocenters. The lowest BCUT2D eigenvalue weighted by Crippen LogP contribution is -2.23. The van der Waals surface area contributed by atoms with Crippen LogP contribution in [0.5, 0.6) is 0 Å². The Morgan fingerprint density at radius 3 is 2.20 bits per heavy atom. The third-order valence-corrected chi connectivity index (χ3v) is 3.05. The zero-order valence-corrected chi connectivity index (χ0v) is 10.3. The van der Waals surface area contributed by atoms with Crippen LogP contribution < -0.4 is 0 Å². The van der Waals surface area contributed by atoms with Crippen molar-refractivity contribution in [2.75, 3.05) is 0 Å². The van der Waals surface area contributed by atoms with Crippen LogP contribution in [-0.4, -0.2) is 5.78 Å². The summed E-state index contributed by atoms with van der Waals surface area (Å²) in [5.74, 6) is -0.00134. The van der Waals surface area contributed by atoms with E-state index in [4.69, 9.17) is 5.26 Å². The SMILES string of the molecule is CCCCCCCCC(C)(C#N)C(C)=O. The van der Waals surface area contributed by atoms with E-state index in [9.17, 15) is 4.79 Å². The van der Waals surface area contributed by atoms with Gasteiger partial charge in [0.15, 0.2) is 0 Å². The molecule has 0 heterocycles. The molecule has 0 aromatic carbocycles. The molecule has 0 aliphatic rings. The average molecular weight is 209 g/mol. The summed E-state index contributed by atoms with van der Waals surface area (Å²) in [5.41, 5.74) is -0.745. The molecule has 15 heavy (non-hydrogen) atoms. The van der Waals surface area contributed by atoms with Gasteiger partial charge in [0.2, 0.25) is 0 Å². The van der Waals surface area contributed by atoms with Crippen LogP contribution in [0.3, 0.4) is 0 Å². The smallest absolute Gasteiger partial charge is 0.149 e. The summed E-state index contributed by atoms with van der Waals surface area (Å²) in [5, 5.41) is 8.93. The van der Waals surface area contributed by atoms with Crippen LogP contribution in [0.25, 0.3) is 0 Å². The summed E-state index contributed by atoms with van der Waals surface area (Å²) in [6.45, 7) is 5.46. The van der Waals surface area contributed by atoms with Crippen LogP contribution >= 0.6 is 0 Å². The molecular weight excluding hydrogens is 186 g/mol. The molecule has 86 valence electrons. The number of unbranched alkanes of at least 4 members (excludes halogenated alkanes) is 5. The first-order valence-electron chi connectivity index (χ1n) is 5.99. The van der Waals surface area contributed by atoms with Gasteiger partial charge in [-0.05, 0) is 20.3 Å². The summed E-state index contributed by atoms with van der Waals surface area (Å²) in [6.07, 6.45) is 7.90. The Balaban J connectivity index is 3.66. The maximum Gasteiger partial charge on any atom is 0.149 e. The Bertz CT molecular complexity index is 229. The van der Waals surface area contributed by atoms with Gasteiger partial charge in [0.1, 0.15) is 11.2 Å². The van der Waals surface area contributed by atoms with Gasteiger partial charge in [-0.1, -0.05) is 45.4 Å². The molecule has 0 aromatic heterocycles. The molecule has 0 amide bonds. The molecule has 0 spiro atoms. The van der Waals surface area contributed by atoms with E-state index < -0.39 is 5.41 Å². The molecule has 0 bridgehead atoms. The van der Waals surface area contributed by atoms with E-state index in [2.05, 4.69) is 13.0 Å². The van der Waals surface area contributed by atoms with E-state index in [0.717, 1.165) is 12.8 Å². The number of hydrogen-bond donors (Lipinski definition) is 0. The van der Waals surface area contributed by atoms with Crippen molar-refractivity contribution < 1.29 is 4.79 Å². The number of carbonyl (C=O) groups is 1. The lowest BCUT2D eigenvalue weighted by atomic mass is 9.82. The highest BCUT2D eigenvalue weighted by molar-refractivity contribution is 5.84. The van der Waals surface area contributed by atoms with E-state index in [-0.39, 0.29) is 5.78 Å². The van der Waals surface area contributed by atoms with Gasteiger partial charge in [-0.2, -0.15) is 5.26 Å². The first kappa shape index (κ1) is 14.2. The maximum atomic E-state index is 11.2. The minimum Gasteiger partial charge on any atom is -0.298 e. The van der Waals surface area contributed by atoms with Crippen LogP contribution in [0.2, 0.25) is 0 Å². The highest BCUT2D eigenvalue weighted by Crippen LogP contribution is 2.24. The molecule has 0 saturated heterocycles. The summed E-state index contributed by atoms with van der Waals surface area (Å²) >= 11 is 0. The second kappa shape index (κ2) is 7.45. The van der Waals surface area contributed by atoms with Crippen molar-refractivity contribution in [3.05, 3.63) is 0 Å². The summed E-state index contributed by atoms with van der Waals surface area (Å²) in [7, 11) is 0. The number of nitrogens with zero attached hydrogens (tertiary/aromatic N) is 1. The van der Waals surface area contributed by atoms with E-state index in [1.54, 1.807) is 6.92 Å². The number of rotatable bonds is 8. The minimum atomic E-state index is -0.745. The Morgan fingerprint density at radius 1 is 1.20 bits per heavy atom. The fraction of sp³-hybridized carbons (Fsp3) is 0.846. The highest BCUT2D eigenvalue weighted by Gasteiger charge is 2.28. The van der Waals surface area contributed by atoms with Gasteiger partial charge in [0.05, 0.1) is 6.07 Å². The van der Waals surface area contributed by atoms with Crippen LogP contribution in [0, 0.1) is 16.7 Å². The fourth-order valence-corrected chi connectivity index (χ4v) is 1.57. The quantitative estimate of drug-likeness (QED) is 0.570. The third kappa shape index (κ3) is 5.57. The van der Waals surface area contributed by atoms with Gasteiger partial charge in [0, 0.05) is 0 Å². The zero-order chi connectivity index (χ0) is 11.7. The average Bonchev–Trinajstić information content (AvgIpc) is 2.22. The Morgan fingerprint density at radius 2 is 1.73 bits per heavy atom. The van der Waals surface area contributed by atoms with Crippen molar-refractivity contribution in [3.63, 3.8) is 0 Å². The molecule has 0 rings (SSSR count). The highest BCUT2D eigenvalue weighted by atomic mass is 16.1. The number of nitriles is 1. The lowest BCUT2D eigenvalue weighted by Gasteiger charge is -2.17. The second-order valence-corrected chi connectivity index (χ2v) is 4.52. The number of carbonyl (C=O) groups excluding carboxylic acids is 1. The van der Waals surface area contributed by atoms with Crippen molar-refractivity contribution in [1.82, 2.24) is 0 Å². The summed E-state index contributed by atoms with van der Waals surface area (Å²) in [4.78, 5) is 11.2. The predicted molar refractivity (Wildman–Crippen MR) is 62.4 cm³/mol. The summed E-state index contributed by atoms with van der Waals surface area (Å²) in [6, 6.07) is 2.13. The molecule has 0 saturated carbocycles. The standard InChI is InChI=1S/C13H23NO/c1-4-5-6-7-8-9-10-13(3,11-14)12(2)15/h4-10H2,1-3H3. The molecule has 2 heteroatoms. The van der Waals surface area contributed by atoms with Gasteiger partial charge in [-0.25, -0.2) is 0 Å². The number of Topliss-reactive ketones (excluding diaryl/α,β-unsaturated/α-hetero) is 1. The van der Waals surface area contributed by atoms with E-state index >= 15 is 0 Å². The van der Waals surface area contributed by atoms with Crippen molar-refractivity contribution in [1.29, 1.82) is 5.26 Å². The van der Waals surface area contributed by atoms with E-state index in [0.29, 0.717) is 6.42 Å². The van der Waals surface area contributed by atoms with Gasteiger partial charge < -0.3 is 0 Å². The number of ketones is 1. The van der Waals surface area contributed by atoms with E-state index in [1.165, 1.54) is 32.6 Å². The molecule has 0 aliphatic heterocycles. The van der Waals surface area contributed by atoms with Crippen molar-refractivity contribution in [3.8, 4) is 6.07 Å². The second-order valence-electron chi connectivity index (χ2n) is 4.52. The monoisotopic (exact) mass is 209 g/mol. The van der Waals surface area contributed by atoms with Gasteiger partial charge >= 0.3 is 0 Å². The molecule has 2 nitrogen and oxygen atoms in total. The first-order valence-corrected chi connectivity index (χ1v) is 5.99. The van der Waals surface area contributed by atoms with Crippen LogP contribution in [-0.2, 0) is 4.79 Å². The van der Waals surface area contributed by atoms with E-state index in [1.807, 2.05) is 0 Å². The predicted octanol–water partition coefficient (Wildman–Crippen LogP) is 3.86. The molecule has 1 unspecified atom stereocenters. The van der Waals surface area contributed by atoms with Crippen LogP contribution in [0.1, 0.15) is 65.7 Å². The van der Waals surface area contributed by atoms with Crippen molar-refractivity contribution in [2.24, 2.45) is 5.41 Å². The fourth-order valence-electron chi connectivity index (χ4n) is 1.57. The molecular formula is C13H23NO. The van der Waals surface area contributed by atoms with Crippen molar-refractivity contribution in [2.45, 2.75) is 65.7 Å². The first-order chi connectivity index (χ1) is 7.06.